The second-order valence-electron chi connectivity index (χ2n) is 7.18. The summed E-state index contributed by atoms with van der Waals surface area (Å²) in [5, 5.41) is 5.16. The number of rotatable bonds is 6. The highest BCUT2D eigenvalue weighted by molar-refractivity contribution is 5.79. The van der Waals surface area contributed by atoms with Crippen molar-refractivity contribution < 1.29 is 13.7 Å². The summed E-state index contributed by atoms with van der Waals surface area (Å²) in [5.74, 6) is 0.963. The lowest BCUT2D eigenvalue weighted by atomic mass is 9.91. The Kier molecular flexibility index (Phi) is 5.72. The van der Waals surface area contributed by atoms with Crippen LogP contribution in [0.3, 0.4) is 0 Å². The van der Waals surface area contributed by atoms with Crippen molar-refractivity contribution >= 4 is 11.0 Å². The van der Waals surface area contributed by atoms with Crippen molar-refractivity contribution in [3.8, 4) is 5.75 Å². The van der Waals surface area contributed by atoms with Gasteiger partial charge in [-0.3, -0.25) is 4.90 Å². The summed E-state index contributed by atoms with van der Waals surface area (Å²) in [5.41, 5.74) is 2.58. The summed E-state index contributed by atoms with van der Waals surface area (Å²) >= 11 is 0. The highest BCUT2D eigenvalue weighted by atomic mass is 19.1. The van der Waals surface area contributed by atoms with Gasteiger partial charge in [0.1, 0.15) is 11.6 Å². The fourth-order valence-corrected chi connectivity index (χ4v) is 3.85. The van der Waals surface area contributed by atoms with Crippen LogP contribution in [0.25, 0.3) is 11.0 Å². The summed E-state index contributed by atoms with van der Waals surface area (Å²) in [4.78, 5) is 2.45. The van der Waals surface area contributed by atoms with Gasteiger partial charge in [-0.25, -0.2) is 4.39 Å². The van der Waals surface area contributed by atoms with Crippen LogP contribution in [-0.4, -0.2) is 36.8 Å². The SMILES string of the molecule is COc1ccc[c]c1CC=CCN1CCC(c2noc3cc(F)ccc23)CC1. The van der Waals surface area contributed by atoms with Crippen LogP contribution in [0, 0.1) is 11.9 Å². The molecule has 0 atom stereocenters. The number of likely N-dealkylation sites (tertiary alicyclic amines) is 1. The predicted molar refractivity (Wildman–Crippen MR) is 107 cm³/mol. The smallest absolute Gasteiger partial charge is 0.170 e. The van der Waals surface area contributed by atoms with E-state index >= 15 is 0 Å². The molecule has 0 unspecified atom stereocenters. The number of hydrogen-bond donors (Lipinski definition) is 0. The molecule has 3 aromatic rings. The lowest BCUT2D eigenvalue weighted by molar-refractivity contribution is 0.228. The molecule has 4 nitrogen and oxygen atoms in total. The zero-order chi connectivity index (χ0) is 19.3. The summed E-state index contributed by atoms with van der Waals surface area (Å²) < 4.78 is 24.0. The van der Waals surface area contributed by atoms with Crippen molar-refractivity contribution in [3.05, 3.63) is 71.7 Å². The number of benzene rings is 2. The molecule has 0 amide bonds. The second kappa shape index (κ2) is 8.57. The topological polar surface area (TPSA) is 38.5 Å². The first-order chi connectivity index (χ1) is 13.7. The van der Waals surface area contributed by atoms with E-state index in [1.54, 1.807) is 13.2 Å². The minimum Gasteiger partial charge on any atom is -0.496 e. The van der Waals surface area contributed by atoms with Gasteiger partial charge in [0.15, 0.2) is 5.58 Å². The molecular formula is C23H24FN2O2. The number of piperidine rings is 1. The van der Waals surface area contributed by atoms with Gasteiger partial charge in [-0.05, 0) is 56.6 Å². The van der Waals surface area contributed by atoms with E-state index in [0.29, 0.717) is 11.5 Å². The third kappa shape index (κ3) is 4.09. The molecule has 0 spiro atoms. The van der Waals surface area contributed by atoms with Crippen molar-refractivity contribution in [2.45, 2.75) is 25.2 Å². The quantitative estimate of drug-likeness (QED) is 0.579. The van der Waals surface area contributed by atoms with Crippen molar-refractivity contribution in [1.82, 2.24) is 10.1 Å². The number of methoxy groups -OCH3 is 1. The highest BCUT2D eigenvalue weighted by Crippen LogP contribution is 2.32. The zero-order valence-corrected chi connectivity index (χ0v) is 16.0. The normalized spacial score (nSPS) is 16.2. The van der Waals surface area contributed by atoms with E-state index in [-0.39, 0.29) is 5.82 Å². The third-order valence-electron chi connectivity index (χ3n) is 5.41. The van der Waals surface area contributed by atoms with Gasteiger partial charge in [0, 0.05) is 29.5 Å². The van der Waals surface area contributed by atoms with Gasteiger partial charge in [0.05, 0.1) is 12.8 Å². The van der Waals surface area contributed by atoms with Crippen LogP contribution >= 0.6 is 0 Å². The summed E-state index contributed by atoms with van der Waals surface area (Å²) in [7, 11) is 1.69. The molecule has 2 aromatic carbocycles. The molecule has 0 aliphatic carbocycles. The zero-order valence-electron chi connectivity index (χ0n) is 16.0. The largest absolute Gasteiger partial charge is 0.496 e. The summed E-state index contributed by atoms with van der Waals surface area (Å²) in [6.45, 7) is 2.98. The Morgan fingerprint density at radius 2 is 2.14 bits per heavy atom. The molecule has 0 N–H and O–H groups in total. The first kappa shape index (κ1) is 18.7. The maximum atomic E-state index is 13.3. The van der Waals surface area contributed by atoms with Gasteiger partial charge in [0.25, 0.3) is 0 Å². The van der Waals surface area contributed by atoms with E-state index in [0.717, 1.165) is 61.3 Å². The van der Waals surface area contributed by atoms with Crippen LogP contribution in [0.1, 0.15) is 30.0 Å². The van der Waals surface area contributed by atoms with Crippen molar-refractivity contribution in [2.75, 3.05) is 26.7 Å². The molecule has 1 saturated heterocycles. The molecule has 5 heteroatoms. The number of nitrogens with zero attached hydrogens (tertiary/aromatic N) is 2. The Morgan fingerprint density at radius 3 is 2.96 bits per heavy atom. The number of hydrogen-bond acceptors (Lipinski definition) is 4. The standard InChI is InChI=1S/C23H24FN2O2/c1-27-21-8-3-2-6-17(21)7-4-5-13-26-14-11-18(12-15-26)23-20-10-9-19(24)16-22(20)28-25-23/h2-5,8-10,16,18H,7,11-15H2,1H3. The molecule has 0 saturated carbocycles. The highest BCUT2D eigenvalue weighted by Gasteiger charge is 2.24. The number of halogens is 1. The van der Waals surface area contributed by atoms with Gasteiger partial charge in [-0.1, -0.05) is 29.4 Å². The monoisotopic (exact) mass is 379 g/mol. The molecule has 1 aliphatic heterocycles. The molecule has 28 heavy (non-hydrogen) atoms. The number of allylic oxidation sites excluding steroid dienone is 1. The predicted octanol–water partition coefficient (Wildman–Crippen LogP) is 4.75. The van der Waals surface area contributed by atoms with Gasteiger partial charge < -0.3 is 9.26 Å². The molecule has 1 radical (unpaired) electrons. The Labute approximate surface area is 164 Å². The first-order valence-corrected chi connectivity index (χ1v) is 9.70. The summed E-state index contributed by atoms with van der Waals surface area (Å²) in [6, 6.07) is 13.7. The third-order valence-corrected chi connectivity index (χ3v) is 5.41. The first-order valence-electron chi connectivity index (χ1n) is 9.70. The van der Waals surface area contributed by atoms with E-state index in [1.165, 1.54) is 12.1 Å². The van der Waals surface area contributed by atoms with Crippen molar-refractivity contribution in [1.29, 1.82) is 0 Å². The Morgan fingerprint density at radius 1 is 1.29 bits per heavy atom. The molecule has 1 aliphatic rings. The number of aromatic nitrogens is 1. The van der Waals surface area contributed by atoms with Crippen LogP contribution in [0.2, 0.25) is 0 Å². The van der Waals surface area contributed by atoms with Gasteiger partial charge in [0.2, 0.25) is 0 Å². The van der Waals surface area contributed by atoms with Crippen LogP contribution in [0.4, 0.5) is 4.39 Å². The lowest BCUT2D eigenvalue weighted by Gasteiger charge is -2.30. The van der Waals surface area contributed by atoms with E-state index in [2.05, 4.69) is 28.3 Å². The van der Waals surface area contributed by atoms with Crippen LogP contribution < -0.4 is 4.74 Å². The van der Waals surface area contributed by atoms with Gasteiger partial charge in [-0.15, -0.1) is 0 Å². The molecule has 1 aromatic heterocycles. The number of ether oxygens (including phenoxy) is 1. The second-order valence-corrected chi connectivity index (χ2v) is 7.18. The minimum absolute atomic E-state index is 0.289. The van der Waals surface area contributed by atoms with E-state index in [9.17, 15) is 4.39 Å². The maximum absolute atomic E-state index is 13.3. The fraction of sp³-hybridized carbons (Fsp3) is 0.348. The average molecular weight is 379 g/mol. The maximum Gasteiger partial charge on any atom is 0.170 e. The van der Waals surface area contributed by atoms with Crippen molar-refractivity contribution in [3.63, 3.8) is 0 Å². The fourth-order valence-electron chi connectivity index (χ4n) is 3.85. The summed E-state index contributed by atoms with van der Waals surface area (Å²) in [6.07, 6.45) is 7.29. The van der Waals surface area contributed by atoms with E-state index < -0.39 is 0 Å². The lowest BCUT2D eigenvalue weighted by Crippen LogP contribution is -2.33. The Bertz CT molecular complexity index is 958. The Hall–Kier alpha value is -2.66. The Balaban J connectivity index is 1.29. The van der Waals surface area contributed by atoms with Gasteiger partial charge in [-0.2, -0.15) is 0 Å². The van der Waals surface area contributed by atoms with Crippen LogP contribution in [0.5, 0.6) is 5.75 Å². The molecule has 4 rings (SSSR count). The minimum atomic E-state index is -0.289. The van der Waals surface area contributed by atoms with E-state index in [4.69, 9.17) is 9.26 Å². The molecule has 2 heterocycles. The van der Waals surface area contributed by atoms with Crippen LogP contribution in [-0.2, 0) is 6.42 Å². The van der Waals surface area contributed by atoms with Gasteiger partial charge >= 0.3 is 0 Å². The van der Waals surface area contributed by atoms with E-state index in [1.807, 2.05) is 18.2 Å². The van der Waals surface area contributed by atoms with Crippen LogP contribution in [0.15, 0.2) is 53.1 Å². The molecular weight excluding hydrogens is 355 g/mol. The molecule has 0 bridgehead atoms. The number of fused-ring (bicyclic) bond motifs is 1. The van der Waals surface area contributed by atoms with Crippen molar-refractivity contribution in [2.24, 2.45) is 0 Å². The average Bonchev–Trinajstić information content (AvgIpc) is 3.15. The molecule has 1 fully saturated rings. The molecule has 145 valence electrons.